The van der Waals surface area contributed by atoms with Crippen LogP contribution in [-0.4, -0.2) is 43.9 Å². The second kappa shape index (κ2) is 4.72. The highest BCUT2D eigenvalue weighted by atomic mass is 16.5. The van der Waals surface area contributed by atoms with E-state index in [1.54, 1.807) is 0 Å². The molecule has 0 aromatic carbocycles. The molecule has 0 spiro atoms. The molecule has 1 aliphatic heterocycles. The number of ether oxygens (including phenoxy) is 2. The van der Waals surface area contributed by atoms with E-state index in [2.05, 4.69) is 5.32 Å². The first-order valence-corrected chi connectivity index (χ1v) is 4.74. The highest BCUT2D eigenvalue weighted by molar-refractivity contribution is 5.74. The third-order valence-corrected chi connectivity index (χ3v) is 1.96. The number of nitrogens with one attached hydrogen (secondary N) is 1. The SMILES string of the molecule is CC1(C)CNCC(COCC(N)=O)O1. The number of morpholine rings is 1. The van der Waals surface area contributed by atoms with Gasteiger partial charge in [-0.25, -0.2) is 0 Å². The zero-order valence-corrected chi connectivity index (χ0v) is 8.71. The van der Waals surface area contributed by atoms with E-state index in [4.69, 9.17) is 15.2 Å². The van der Waals surface area contributed by atoms with Crippen LogP contribution >= 0.6 is 0 Å². The minimum absolute atomic E-state index is 0.00176. The van der Waals surface area contributed by atoms with E-state index in [-0.39, 0.29) is 18.3 Å². The number of nitrogens with two attached hydrogens (primary N) is 1. The number of carbonyl (C=O) groups is 1. The molecule has 5 nitrogen and oxygen atoms in total. The van der Waals surface area contributed by atoms with Gasteiger partial charge in [-0.1, -0.05) is 0 Å². The molecule has 1 rings (SSSR count). The maximum atomic E-state index is 10.4. The predicted molar refractivity (Wildman–Crippen MR) is 51.8 cm³/mol. The fourth-order valence-electron chi connectivity index (χ4n) is 1.45. The maximum absolute atomic E-state index is 10.4. The molecule has 0 radical (unpaired) electrons. The molecule has 5 heteroatoms. The Morgan fingerprint density at radius 2 is 2.43 bits per heavy atom. The van der Waals surface area contributed by atoms with E-state index in [0.717, 1.165) is 13.1 Å². The summed E-state index contributed by atoms with van der Waals surface area (Å²) in [6.07, 6.45) is -0.00176. The average Bonchev–Trinajstić information content (AvgIpc) is 2.01. The molecule has 1 saturated heterocycles. The molecule has 14 heavy (non-hydrogen) atoms. The van der Waals surface area contributed by atoms with Crippen molar-refractivity contribution >= 4 is 5.91 Å². The zero-order chi connectivity index (χ0) is 10.6. The summed E-state index contributed by atoms with van der Waals surface area (Å²) in [5.74, 6) is -0.451. The lowest BCUT2D eigenvalue weighted by Crippen LogP contribution is -2.52. The highest BCUT2D eigenvalue weighted by Crippen LogP contribution is 2.15. The van der Waals surface area contributed by atoms with Crippen LogP contribution in [0.4, 0.5) is 0 Å². The standard InChI is InChI=1S/C9H18N2O3/c1-9(2)6-11-3-7(14-9)4-13-5-8(10)12/h7,11H,3-6H2,1-2H3,(H2,10,12). The molecule has 1 unspecified atom stereocenters. The first-order chi connectivity index (χ1) is 6.49. The minimum atomic E-state index is -0.451. The normalized spacial score (nSPS) is 26.0. The van der Waals surface area contributed by atoms with Gasteiger partial charge in [0.1, 0.15) is 6.61 Å². The third kappa shape index (κ3) is 4.04. The van der Waals surface area contributed by atoms with E-state index >= 15 is 0 Å². The molecule has 1 aliphatic rings. The molecule has 1 heterocycles. The monoisotopic (exact) mass is 202 g/mol. The largest absolute Gasteiger partial charge is 0.369 e. The minimum Gasteiger partial charge on any atom is -0.369 e. The highest BCUT2D eigenvalue weighted by Gasteiger charge is 2.28. The van der Waals surface area contributed by atoms with Crippen molar-refractivity contribution in [1.29, 1.82) is 0 Å². The van der Waals surface area contributed by atoms with Gasteiger partial charge < -0.3 is 20.5 Å². The van der Waals surface area contributed by atoms with Crippen molar-refractivity contribution in [1.82, 2.24) is 5.32 Å². The summed E-state index contributed by atoms with van der Waals surface area (Å²) in [6, 6.07) is 0. The molecule has 0 aliphatic carbocycles. The lowest BCUT2D eigenvalue weighted by molar-refractivity contribution is -0.133. The van der Waals surface area contributed by atoms with Crippen LogP contribution in [0.3, 0.4) is 0 Å². The number of carbonyl (C=O) groups excluding carboxylic acids is 1. The Morgan fingerprint density at radius 3 is 3.00 bits per heavy atom. The van der Waals surface area contributed by atoms with E-state index < -0.39 is 5.91 Å². The average molecular weight is 202 g/mol. The van der Waals surface area contributed by atoms with Gasteiger partial charge in [0.2, 0.25) is 5.91 Å². The van der Waals surface area contributed by atoms with Crippen molar-refractivity contribution in [3.05, 3.63) is 0 Å². The Labute approximate surface area is 83.9 Å². The fourth-order valence-corrected chi connectivity index (χ4v) is 1.45. The maximum Gasteiger partial charge on any atom is 0.243 e. The van der Waals surface area contributed by atoms with Crippen molar-refractivity contribution in [2.45, 2.75) is 25.6 Å². The second-order valence-electron chi connectivity index (χ2n) is 4.11. The van der Waals surface area contributed by atoms with E-state index in [1.807, 2.05) is 13.8 Å². The molecule has 82 valence electrons. The number of rotatable bonds is 4. The third-order valence-electron chi connectivity index (χ3n) is 1.96. The lowest BCUT2D eigenvalue weighted by atomic mass is 10.1. The van der Waals surface area contributed by atoms with Crippen LogP contribution in [0.2, 0.25) is 0 Å². The van der Waals surface area contributed by atoms with Crippen LogP contribution in [-0.2, 0) is 14.3 Å². The molecule has 1 atom stereocenters. The smallest absolute Gasteiger partial charge is 0.243 e. The lowest BCUT2D eigenvalue weighted by Gasteiger charge is -2.36. The van der Waals surface area contributed by atoms with Crippen LogP contribution in [0.1, 0.15) is 13.8 Å². The van der Waals surface area contributed by atoms with Crippen LogP contribution in [0.15, 0.2) is 0 Å². The van der Waals surface area contributed by atoms with Crippen LogP contribution in [0, 0.1) is 0 Å². The quantitative estimate of drug-likeness (QED) is 0.629. The first kappa shape index (κ1) is 11.4. The van der Waals surface area contributed by atoms with Crippen molar-refractivity contribution in [3.8, 4) is 0 Å². The number of amides is 1. The number of primary amides is 1. The van der Waals surface area contributed by atoms with Gasteiger partial charge in [0.15, 0.2) is 0 Å². The van der Waals surface area contributed by atoms with Gasteiger partial charge in [-0.15, -0.1) is 0 Å². The summed E-state index contributed by atoms with van der Waals surface area (Å²) in [5.41, 5.74) is 4.77. The molecule has 1 fully saturated rings. The number of hydrogen-bond acceptors (Lipinski definition) is 4. The first-order valence-electron chi connectivity index (χ1n) is 4.74. The summed E-state index contributed by atoms with van der Waals surface area (Å²) in [6.45, 7) is 5.97. The van der Waals surface area contributed by atoms with E-state index in [0.29, 0.717) is 6.61 Å². The van der Waals surface area contributed by atoms with Crippen LogP contribution in [0.25, 0.3) is 0 Å². The molecule has 1 amide bonds. The van der Waals surface area contributed by atoms with Gasteiger partial charge in [-0.2, -0.15) is 0 Å². The molecule has 0 aromatic heterocycles. The Balaban J connectivity index is 2.21. The van der Waals surface area contributed by atoms with Crippen molar-refractivity contribution in [3.63, 3.8) is 0 Å². The summed E-state index contributed by atoms with van der Waals surface area (Å²) >= 11 is 0. The van der Waals surface area contributed by atoms with E-state index in [1.165, 1.54) is 0 Å². The molecule has 0 saturated carbocycles. The van der Waals surface area contributed by atoms with Gasteiger partial charge in [-0.05, 0) is 13.8 Å². The topological polar surface area (TPSA) is 73.6 Å². The number of hydrogen-bond donors (Lipinski definition) is 2. The van der Waals surface area contributed by atoms with E-state index in [9.17, 15) is 4.79 Å². The van der Waals surface area contributed by atoms with Gasteiger partial charge >= 0.3 is 0 Å². The van der Waals surface area contributed by atoms with Crippen molar-refractivity contribution < 1.29 is 14.3 Å². The Hall–Kier alpha value is -0.650. The molecule has 0 aromatic rings. The Kier molecular flexibility index (Phi) is 3.86. The van der Waals surface area contributed by atoms with Crippen LogP contribution in [0.5, 0.6) is 0 Å². The van der Waals surface area contributed by atoms with Crippen molar-refractivity contribution in [2.24, 2.45) is 5.73 Å². The van der Waals surface area contributed by atoms with Crippen molar-refractivity contribution in [2.75, 3.05) is 26.3 Å². The second-order valence-corrected chi connectivity index (χ2v) is 4.11. The zero-order valence-electron chi connectivity index (χ0n) is 8.71. The molecule has 3 N–H and O–H groups in total. The molecular weight excluding hydrogens is 184 g/mol. The molecule has 0 bridgehead atoms. The van der Waals surface area contributed by atoms with Gasteiger partial charge in [-0.3, -0.25) is 4.79 Å². The Bertz CT molecular complexity index is 206. The summed E-state index contributed by atoms with van der Waals surface area (Å²) in [5, 5.41) is 3.24. The Morgan fingerprint density at radius 1 is 1.71 bits per heavy atom. The summed E-state index contributed by atoms with van der Waals surface area (Å²) < 4.78 is 10.8. The predicted octanol–water partition coefficient (Wildman–Crippen LogP) is -0.745. The van der Waals surface area contributed by atoms with Gasteiger partial charge in [0, 0.05) is 13.1 Å². The molecular formula is C9H18N2O3. The van der Waals surface area contributed by atoms with Crippen LogP contribution < -0.4 is 11.1 Å². The van der Waals surface area contributed by atoms with Gasteiger partial charge in [0.25, 0.3) is 0 Å². The summed E-state index contributed by atoms with van der Waals surface area (Å²) in [7, 11) is 0. The van der Waals surface area contributed by atoms with Gasteiger partial charge in [0.05, 0.1) is 18.3 Å². The summed E-state index contributed by atoms with van der Waals surface area (Å²) in [4.78, 5) is 10.4. The fraction of sp³-hybridized carbons (Fsp3) is 0.889.